The first-order chi connectivity index (χ1) is 7.06. The maximum atomic E-state index is 5.25. The van der Waals surface area contributed by atoms with Crippen LogP contribution in [0, 0.1) is 0 Å². The van der Waals surface area contributed by atoms with Gasteiger partial charge >= 0.3 is 0 Å². The fourth-order valence-corrected chi connectivity index (χ4v) is 1.39. The van der Waals surface area contributed by atoms with E-state index in [2.05, 4.69) is 4.98 Å². The minimum absolute atomic E-state index is 0.588. The van der Waals surface area contributed by atoms with Crippen molar-refractivity contribution in [3.63, 3.8) is 0 Å². The molecule has 0 amide bonds. The summed E-state index contributed by atoms with van der Waals surface area (Å²) in [4.78, 5) is 8.91. The number of hydrogen-bond donors (Lipinski definition) is 1. The van der Waals surface area contributed by atoms with E-state index in [0.29, 0.717) is 11.5 Å². The van der Waals surface area contributed by atoms with Crippen molar-refractivity contribution in [3.05, 3.63) is 18.0 Å². The van der Waals surface area contributed by atoms with Gasteiger partial charge in [-0.05, 0) is 13.8 Å². The summed E-state index contributed by atoms with van der Waals surface area (Å²) in [5, 5.41) is 0. The molecule has 0 aromatic carbocycles. The Bertz CT molecular complexity index is 317. The van der Waals surface area contributed by atoms with E-state index < -0.39 is 5.60 Å². The molecule has 15 heavy (non-hydrogen) atoms. The Morgan fingerprint density at radius 1 is 1.13 bits per heavy atom. The Morgan fingerprint density at radius 3 is 1.93 bits per heavy atom. The van der Waals surface area contributed by atoms with Crippen molar-refractivity contribution in [2.75, 3.05) is 14.2 Å². The van der Waals surface area contributed by atoms with Crippen molar-refractivity contribution in [1.82, 2.24) is 4.98 Å². The number of methoxy groups -OCH3 is 2. The van der Waals surface area contributed by atoms with Crippen LogP contribution in [0.25, 0.3) is 0 Å². The molecule has 5 nitrogen and oxygen atoms in total. The van der Waals surface area contributed by atoms with Crippen molar-refractivity contribution in [1.29, 1.82) is 0 Å². The summed E-state index contributed by atoms with van der Waals surface area (Å²) >= 11 is 0. The SMILES string of the molecule is COc1cncc(OC)c1C(C)(C)ON. The molecule has 0 aliphatic carbocycles. The highest BCUT2D eigenvalue weighted by Gasteiger charge is 2.29. The van der Waals surface area contributed by atoms with Gasteiger partial charge in [-0.2, -0.15) is 0 Å². The van der Waals surface area contributed by atoms with Gasteiger partial charge in [0.05, 0.1) is 32.2 Å². The highest BCUT2D eigenvalue weighted by molar-refractivity contribution is 5.45. The standard InChI is InChI=1S/C10H16N2O3/c1-10(2,15-11)9-7(13-3)5-12-6-8(9)14-4/h5-6H,11H2,1-4H3. The molecular formula is C10H16N2O3. The van der Waals surface area contributed by atoms with Crippen molar-refractivity contribution in [2.24, 2.45) is 5.90 Å². The summed E-state index contributed by atoms with van der Waals surface area (Å²) in [5.74, 6) is 6.43. The second kappa shape index (κ2) is 4.46. The first kappa shape index (κ1) is 11.7. The van der Waals surface area contributed by atoms with E-state index >= 15 is 0 Å². The molecule has 0 radical (unpaired) electrons. The van der Waals surface area contributed by atoms with E-state index in [1.165, 1.54) is 0 Å². The molecule has 0 atom stereocenters. The smallest absolute Gasteiger partial charge is 0.147 e. The first-order valence-corrected chi connectivity index (χ1v) is 4.51. The Kier molecular flexibility index (Phi) is 3.49. The molecule has 1 heterocycles. The number of rotatable bonds is 4. The second-order valence-corrected chi connectivity index (χ2v) is 3.55. The van der Waals surface area contributed by atoms with Crippen LogP contribution in [0.1, 0.15) is 19.4 Å². The zero-order valence-corrected chi connectivity index (χ0v) is 9.40. The molecule has 0 aliphatic rings. The van der Waals surface area contributed by atoms with E-state index in [0.717, 1.165) is 5.56 Å². The largest absolute Gasteiger partial charge is 0.495 e. The minimum atomic E-state index is -0.695. The van der Waals surface area contributed by atoms with Crippen LogP contribution in [0.3, 0.4) is 0 Å². The Hall–Kier alpha value is -1.33. The molecule has 0 bridgehead atoms. The minimum Gasteiger partial charge on any atom is -0.495 e. The monoisotopic (exact) mass is 212 g/mol. The Balaban J connectivity index is 3.34. The zero-order valence-electron chi connectivity index (χ0n) is 9.40. The lowest BCUT2D eigenvalue weighted by atomic mass is 9.97. The average molecular weight is 212 g/mol. The first-order valence-electron chi connectivity index (χ1n) is 4.51. The van der Waals surface area contributed by atoms with Gasteiger partial charge < -0.3 is 9.47 Å². The number of hydrogen-bond acceptors (Lipinski definition) is 5. The van der Waals surface area contributed by atoms with Crippen LogP contribution in [-0.2, 0) is 10.4 Å². The number of ether oxygens (including phenoxy) is 2. The predicted octanol–water partition coefficient (Wildman–Crippen LogP) is 1.22. The van der Waals surface area contributed by atoms with E-state index in [4.69, 9.17) is 20.2 Å². The summed E-state index contributed by atoms with van der Waals surface area (Å²) in [6.45, 7) is 3.65. The van der Waals surface area contributed by atoms with Crippen LogP contribution in [0.5, 0.6) is 11.5 Å². The lowest BCUT2D eigenvalue weighted by Gasteiger charge is -2.25. The molecule has 0 saturated heterocycles. The lowest BCUT2D eigenvalue weighted by molar-refractivity contribution is -0.0266. The van der Waals surface area contributed by atoms with Gasteiger partial charge in [0.15, 0.2) is 0 Å². The fourth-order valence-electron chi connectivity index (χ4n) is 1.39. The Morgan fingerprint density at radius 2 is 1.60 bits per heavy atom. The van der Waals surface area contributed by atoms with Gasteiger partial charge in [0.25, 0.3) is 0 Å². The average Bonchev–Trinajstić information content (AvgIpc) is 2.27. The molecule has 5 heteroatoms. The molecule has 1 aromatic heterocycles. The quantitative estimate of drug-likeness (QED) is 0.760. The second-order valence-electron chi connectivity index (χ2n) is 3.55. The van der Waals surface area contributed by atoms with E-state index in [1.807, 2.05) is 13.8 Å². The molecule has 0 fully saturated rings. The van der Waals surface area contributed by atoms with Gasteiger partial charge in [0.2, 0.25) is 0 Å². The Labute approximate surface area is 89.1 Å². The lowest BCUT2D eigenvalue weighted by Crippen LogP contribution is -2.26. The molecule has 0 spiro atoms. The van der Waals surface area contributed by atoms with Crippen molar-refractivity contribution in [3.8, 4) is 11.5 Å². The van der Waals surface area contributed by atoms with E-state index in [1.54, 1.807) is 26.6 Å². The maximum absolute atomic E-state index is 5.25. The maximum Gasteiger partial charge on any atom is 0.147 e. The van der Waals surface area contributed by atoms with Crippen molar-refractivity contribution in [2.45, 2.75) is 19.4 Å². The van der Waals surface area contributed by atoms with Crippen LogP contribution < -0.4 is 15.4 Å². The molecule has 0 saturated carbocycles. The van der Waals surface area contributed by atoms with E-state index in [-0.39, 0.29) is 0 Å². The molecular weight excluding hydrogens is 196 g/mol. The summed E-state index contributed by atoms with van der Waals surface area (Å²) in [6, 6.07) is 0. The summed E-state index contributed by atoms with van der Waals surface area (Å²) < 4.78 is 10.4. The van der Waals surface area contributed by atoms with Crippen LogP contribution in [0.2, 0.25) is 0 Å². The molecule has 0 unspecified atom stereocenters. The third-order valence-corrected chi connectivity index (χ3v) is 2.21. The van der Waals surface area contributed by atoms with Crippen LogP contribution in [-0.4, -0.2) is 19.2 Å². The van der Waals surface area contributed by atoms with Crippen molar-refractivity contribution >= 4 is 0 Å². The topological polar surface area (TPSA) is 66.6 Å². The zero-order chi connectivity index (χ0) is 11.5. The highest BCUT2D eigenvalue weighted by atomic mass is 16.6. The number of nitrogens with zero attached hydrogens (tertiary/aromatic N) is 1. The normalized spacial score (nSPS) is 11.3. The molecule has 2 N–H and O–H groups in total. The van der Waals surface area contributed by atoms with Gasteiger partial charge in [0, 0.05) is 0 Å². The summed E-state index contributed by atoms with van der Waals surface area (Å²) in [6.07, 6.45) is 3.19. The third kappa shape index (κ3) is 2.19. The van der Waals surface area contributed by atoms with Gasteiger partial charge in [-0.1, -0.05) is 0 Å². The predicted molar refractivity (Wildman–Crippen MR) is 55.6 cm³/mol. The van der Waals surface area contributed by atoms with Gasteiger partial charge in [-0.3, -0.25) is 9.82 Å². The fraction of sp³-hybridized carbons (Fsp3) is 0.500. The summed E-state index contributed by atoms with van der Waals surface area (Å²) in [5.41, 5.74) is 0.0459. The van der Waals surface area contributed by atoms with Crippen LogP contribution in [0.15, 0.2) is 12.4 Å². The number of aromatic nitrogens is 1. The van der Waals surface area contributed by atoms with Crippen LogP contribution >= 0.6 is 0 Å². The highest BCUT2D eigenvalue weighted by Crippen LogP contribution is 2.37. The number of pyridine rings is 1. The van der Waals surface area contributed by atoms with Crippen molar-refractivity contribution < 1.29 is 14.3 Å². The molecule has 0 aliphatic heterocycles. The molecule has 1 aromatic rings. The number of nitrogens with two attached hydrogens (primary N) is 1. The van der Waals surface area contributed by atoms with Gasteiger partial charge in [-0.15, -0.1) is 0 Å². The summed E-state index contributed by atoms with van der Waals surface area (Å²) in [7, 11) is 3.12. The van der Waals surface area contributed by atoms with Gasteiger partial charge in [-0.25, -0.2) is 5.90 Å². The molecule has 84 valence electrons. The van der Waals surface area contributed by atoms with Gasteiger partial charge in [0.1, 0.15) is 17.1 Å². The van der Waals surface area contributed by atoms with E-state index in [9.17, 15) is 0 Å². The van der Waals surface area contributed by atoms with Crippen LogP contribution in [0.4, 0.5) is 0 Å². The molecule has 1 rings (SSSR count). The third-order valence-electron chi connectivity index (χ3n) is 2.21.